The van der Waals surface area contributed by atoms with E-state index < -0.39 is 6.10 Å². The van der Waals surface area contributed by atoms with Gasteiger partial charge in [-0.2, -0.15) is 0 Å². The monoisotopic (exact) mass is 901 g/mol. The molecule has 0 aromatic rings. The molecule has 0 fully saturated rings. The summed E-state index contributed by atoms with van der Waals surface area (Å²) in [6.07, 6.45) is 66.2. The van der Waals surface area contributed by atoms with Crippen molar-refractivity contribution in [2.45, 2.75) is 322 Å². The molecule has 5 nitrogen and oxygen atoms in total. The molecule has 0 saturated heterocycles. The van der Waals surface area contributed by atoms with Crippen LogP contribution in [0.25, 0.3) is 0 Å². The van der Waals surface area contributed by atoms with Gasteiger partial charge in [-0.25, -0.2) is 0 Å². The summed E-state index contributed by atoms with van der Waals surface area (Å²) in [5, 5.41) is 0. The van der Waals surface area contributed by atoms with Gasteiger partial charge in [-0.1, -0.05) is 276 Å². The molecule has 0 bridgehead atoms. The lowest BCUT2D eigenvalue weighted by atomic mass is 10.0. The topological polar surface area (TPSA) is 61.8 Å². The molecular weight excluding hydrogens is 789 g/mol. The predicted molar refractivity (Wildman–Crippen MR) is 279 cm³/mol. The smallest absolute Gasteiger partial charge is 0.306 e. The minimum Gasteiger partial charge on any atom is -0.462 e. The first kappa shape index (κ1) is 62.4. The van der Waals surface area contributed by atoms with E-state index in [9.17, 15) is 9.59 Å². The largest absolute Gasteiger partial charge is 0.462 e. The molecule has 0 aromatic heterocycles. The molecule has 1 atom stereocenters. The normalized spacial score (nSPS) is 12.2. The molecule has 378 valence electrons. The Kier molecular flexibility index (Phi) is 54.3. The highest BCUT2D eigenvalue weighted by molar-refractivity contribution is 5.70. The Balaban J connectivity index is 4.20. The number of carbonyl (C=O) groups excluding carboxylic acids is 2. The standard InChI is InChI=1S/C59H112O5/c1-4-7-10-13-16-19-22-25-27-29-31-33-36-39-42-45-48-51-54-62-55-57(64-59(61)53-50-47-44-41-38-34-24-21-18-15-12-9-6-3)56-63-58(60)52-49-46-43-40-37-35-32-30-28-26-23-20-17-14-11-8-5-2/h16,19,25,27,57H,4-15,17-18,20-24,26,28-56H2,1-3H3/b19-16-,27-25-. The van der Waals surface area contributed by atoms with Crippen molar-refractivity contribution in [2.75, 3.05) is 19.8 Å². The number of rotatable bonds is 54. The van der Waals surface area contributed by atoms with E-state index in [0.717, 1.165) is 44.9 Å². The van der Waals surface area contributed by atoms with E-state index in [2.05, 4.69) is 45.1 Å². The zero-order chi connectivity index (χ0) is 46.3. The van der Waals surface area contributed by atoms with E-state index in [1.807, 2.05) is 0 Å². The van der Waals surface area contributed by atoms with Crippen molar-refractivity contribution in [2.24, 2.45) is 0 Å². The maximum absolute atomic E-state index is 12.8. The van der Waals surface area contributed by atoms with Crippen LogP contribution in [0.1, 0.15) is 316 Å². The fourth-order valence-electron chi connectivity index (χ4n) is 8.66. The van der Waals surface area contributed by atoms with Crippen LogP contribution in [0.3, 0.4) is 0 Å². The third-order valence-corrected chi connectivity index (χ3v) is 13.0. The van der Waals surface area contributed by atoms with Gasteiger partial charge in [0.1, 0.15) is 6.61 Å². The first-order valence-electron chi connectivity index (χ1n) is 28.9. The minimum atomic E-state index is -0.532. The second-order valence-electron chi connectivity index (χ2n) is 19.6. The lowest BCUT2D eigenvalue weighted by Crippen LogP contribution is -2.30. The van der Waals surface area contributed by atoms with E-state index in [0.29, 0.717) is 26.1 Å². The molecule has 0 spiro atoms. The maximum atomic E-state index is 12.8. The molecule has 0 aliphatic carbocycles. The quantitative estimate of drug-likeness (QED) is 0.0346. The van der Waals surface area contributed by atoms with Crippen LogP contribution >= 0.6 is 0 Å². The maximum Gasteiger partial charge on any atom is 0.306 e. The third kappa shape index (κ3) is 53.0. The molecular formula is C59H112O5. The van der Waals surface area contributed by atoms with Crippen LogP contribution in [0, 0.1) is 0 Å². The molecule has 0 aliphatic heterocycles. The number of allylic oxidation sites excluding steroid dienone is 4. The van der Waals surface area contributed by atoms with Crippen LogP contribution in [0.2, 0.25) is 0 Å². The highest BCUT2D eigenvalue weighted by Gasteiger charge is 2.17. The van der Waals surface area contributed by atoms with Crippen molar-refractivity contribution in [3.8, 4) is 0 Å². The van der Waals surface area contributed by atoms with Crippen molar-refractivity contribution in [1.82, 2.24) is 0 Å². The van der Waals surface area contributed by atoms with Crippen LogP contribution in [0.4, 0.5) is 0 Å². The van der Waals surface area contributed by atoms with E-state index in [1.165, 1.54) is 238 Å². The molecule has 0 radical (unpaired) electrons. The van der Waals surface area contributed by atoms with Crippen molar-refractivity contribution in [3.63, 3.8) is 0 Å². The van der Waals surface area contributed by atoms with Crippen molar-refractivity contribution < 1.29 is 23.8 Å². The van der Waals surface area contributed by atoms with Crippen molar-refractivity contribution in [3.05, 3.63) is 24.3 Å². The van der Waals surface area contributed by atoms with Crippen LogP contribution in [-0.4, -0.2) is 37.9 Å². The fraction of sp³-hybridized carbons (Fsp3) is 0.898. The second-order valence-corrected chi connectivity index (χ2v) is 19.6. The van der Waals surface area contributed by atoms with Gasteiger partial charge in [-0.15, -0.1) is 0 Å². The summed E-state index contributed by atoms with van der Waals surface area (Å²) >= 11 is 0. The Bertz CT molecular complexity index is 974. The molecule has 0 aliphatic rings. The van der Waals surface area contributed by atoms with E-state index in [1.54, 1.807) is 0 Å². The van der Waals surface area contributed by atoms with Gasteiger partial charge in [0.2, 0.25) is 0 Å². The summed E-state index contributed by atoms with van der Waals surface area (Å²) in [6.45, 7) is 7.86. The Morgan fingerprint density at radius 3 is 1.06 bits per heavy atom. The van der Waals surface area contributed by atoms with Gasteiger partial charge in [-0.3, -0.25) is 9.59 Å². The number of unbranched alkanes of at least 4 members (excludes halogenated alkanes) is 39. The molecule has 0 N–H and O–H groups in total. The number of esters is 2. The lowest BCUT2D eigenvalue weighted by molar-refractivity contribution is -0.163. The lowest BCUT2D eigenvalue weighted by Gasteiger charge is -2.18. The number of hydrogen-bond acceptors (Lipinski definition) is 5. The van der Waals surface area contributed by atoms with Gasteiger partial charge in [0.05, 0.1) is 6.61 Å². The van der Waals surface area contributed by atoms with Crippen LogP contribution < -0.4 is 0 Å². The molecule has 0 heterocycles. The summed E-state index contributed by atoms with van der Waals surface area (Å²) in [5.41, 5.74) is 0. The number of hydrogen-bond donors (Lipinski definition) is 0. The summed E-state index contributed by atoms with van der Waals surface area (Å²) in [5.74, 6) is -0.377. The van der Waals surface area contributed by atoms with E-state index in [-0.39, 0.29) is 18.5 Å². The van der Waals surface area contributed by atoms with Gasteiger partial charge in [-0.05, 0) is 51.4 Å². The molecule has 64 heavy (non-hydrogen) atoms. The molecule has 5 heteroatoms. The summed E-state index contributed by atoms with van der Waals surface area (Å²) in [4.78, 5) is 25.5. The molecule has 0 amide bonds. The fourth-order valence-corrected chi connectivity index (χ4v) is 8.66. The second kappa shape index (κ2) is 55.7. The number of carbonyl (C=O) groups is 2. The van der Waals surface area contributed by atoms with Gasteiger partial charge < -0.3 is 14.2 Å². The predicted octanol–water partition coefficient (Wildman–Crippen LogP) is 19.6. The van der Waals surface area contributed by atoms with Gasteiger partial charge in [0.15, 0.2) is 6.10 Å². The van der Waals surface area contributed by atoms with Crippen LogP contribution in [0.5, 0.6) is 0 Å². The third-order valence-electron chi connectivity index (χ3n) is 13.0. The number of ether oxygens (including phenoxy) is 3. The summed E-state index contributed by atoms with van der Waals surface area (Å²) < 4.78 is 17.5. The first-order chi connectivity index (χ1) is 31.6. The zero-order valence-electron chi connectivity index (χ0n) is 43.6. The van der Waals surface area contributed by atoms with Crippen molar-refractivity contribution in [1.29, 1.82) is 0 Å². The Morgan fingerprint density at radius 1 is 0.344 bits per heavy atom. The summed E-state index contributed by atoms with van der Waals surface area (Å²) in [7, 11) is 0. The zero-order valence-corrected chi connectivity index (χ0v) is 43.6. The summed E-state index contributed by atoms with van der Waals surface area (Å²) in [6, 6.07) is 0. The molecule has 0 saturated carbocycles. The Morgan fingerprint density at radius 2 is 0.656 bits per heavy atom. The van der Waals surface area contributed by atoms with Crippen LogP contribution in [-0.2, 0) is 23.8 Å². The van der Waals surface area contributed by atoms with Gasteiger partial charge in [0.25, 0.3) is 0 Å². The average molecular weight is 902 g/mol. The van der Waals surface area contributed by atoms with E-state index in [4.69, 9.17) is 14.2 Å². The average Bonchev–Trinajstić information content (AvgIpc) is 3.30. The van der Waals surface area contributed by atoms with Crippen molar-refractivity contribution >= 4 is 11.9 Å². The molecule has 0 aromatic carbocycles. The Labute approximate surface area is 400 Å². The SMILES string of the molecule is CCCCC/C=C\C/C=C\CCCCCCCCCCOCC(COC(=O)CCCCCCCCCCCCCCCCCCC)OC(=O)CCCCCCCCCCCCCCC. The highest BCUT2D eigenvalue weighted by atomic mass is 16.6. The van der Waals surface area contributed by atoms with Crippen LogP contribution in [0.15, 0.2) is 24.3 Å². The minimum absolute atomic E-state index is 0.0914. The van der Waals surface area contributed by atoms with Gasteiger partial charge in [0, 0.05) is 19.4 Å². The molecule has 1 unspecified atom stereocenters. The Hall–Kier alpha value is -1.62. The highest BCUT2D eigenvalue weighted by Crippen LogP contribution is 2.17. The van der Waals surface area contributed by atoms with E-state index >= 15 is 0 Å². The molecule has 0 rings (SSSR count). The first-order valence-corrected chi connectivity index (χ1v) is 28.9. The van der Waals surface area contributed by atoms with Gasteiger partial charge >= 0.3 is 11.9 Å².